The Hall–Kier alpha value is -0.280. The van der Waals surface area contributed by atoms with Gasteiger partial charge in [0.2, 0.25) is 0 Å². The van der Waals surface area contributed by atoms with E-state index in [4.69, 9.17) is 0 Å². The largest absolute Gasteiger partial charge is 0.244 e. The predicted molar refractivity (Wildman–Crippen MR) is 116 cm³/mol. The molecular weight excluding hydrogens is 388 g/mol. The Morgan fingerprint density at radius 3 is 1.63 bits per heavy atom. The third-order valence-electron chi connectivity index (χ3n) is 9.05. The van der Waals surface area contributed by atoms with Gasteiger partial charge in [0.25, 0.3) is 0 Å². The van der Waals surface area contributed by atoms with Gasteiger partial charge in [0.15, 0.2) is 0 Å². The zero-order chi connectivity index (χ0) is 21.8. The van der Waals surface area contributed by atoms with Crippen LogP contribution in [-0.2, 0) is 0 Å². The van der Waals surface area contributed by atoms with Crippen LogP contribution in [0.2, 0.25) is 0 Å². The first-order chi connectivity index (χ1) is 14.4. The molecule has 0 bridgehead atoms. The third-order valence-corrected chi connectivity index (χ3v) is 9.05. The number of halogens is 4. The molecule has 0 radical (unpaired) electrons. The Balaban J connectivity index is 1.61. The molecule has 3 fully saturated rings. The summed E-state index contributed by atoms with van der Waals surface area (Å²) in [5, 5.41) is 0. The third kappa shape index (κ3) is 5.20. The molecule has 176 valence electrons. The molecule has 0 saturated heterocycles. The molecule has 0 aromatic rings. The van der Waals surface area contributed by atoms with E-state index in [2.05, 4.69) is 20.8 Å². The molecule has 0 N–H and O–H groups in total. The summed E-state index contributed by atoms with van der Waals surface area (Å²) in [5.41, 5.74) is 0. The average molecular weight is 433 g/mol. The van der Waals surface area contributed by atoms with Crippen LogP contribution in [0.3, 0.4) is 0 Å². The van der Waals surface area contributed by atoms with Crippen molar-refractivity contribution in [2.45, 2.75) is 123 Å². The van der Waals surface area contributed by atoms with E-state index in [0.29, 0.717) is 31.6 Å². The molecule has 4 heteroatoms. The van der Waals surface area contributed by atoms with E-state index in [0.717, 1.165) is 51.4 Å². The minimum atomic E-state index is -1.64. The highest BCUT2D eigenvalue weighted by Crippen LogP contribution is 2.50. The molecule has 3 rings (SSSR count). The van der Waals surface area contributed by atoms with E-state index in [1.807, 2.05) is 0 Å². The number of hydrogen-bond acceptors (Lipinski definition) is 0. The van der Waals surface area contributed by atoms with E-state index < -0.39 is 36.5 Å². The quantitative estimate of drug-likeness (QED) is 0.354. The second kappa shape index (κ2) is 11.0. The molecule has 0 amide bonds. The zero-order valence-corrected chi connectivity index (χ0v) is 19.3. The fourth-order valence-electron chi connectivity index (χ4n) is 7.27. The molecular formula is C26H44F4. The second-order valence-electron chi connectivity index (χ2n) is 10.9. The normalized spacial score (nSPS) is 45.6. The maximum absolute atomic E-state index is 15.2. The number of hydrogen-bond donors (Lipinski definition) is 0. The summed E-state index contributed by atoms with van der Waals surface area (Å²) >= 11 is 0. The van der Waals surface area contributed by atoms with E-state index in [1.54, 1.807) is 0 Å². The highest BCUT2D eigenvalue weighted by Gasteiger charge is 2.52. The Morgan fingerprint density at radius 2 is 1.07 bits per heavy atom. The minimum Gasteiger partial charge on any atom is -0.244 e. The number of rotatable bonds is 7. The molecule has 0 aliphatic heterocycles. The minimum absolute atomic E-state index is 0.216. The lowest BCUT2D eigenvalue weighted by Crippen LogP contribution is -2.50. The van der Waals surface area contributed by atoms with Gasteiger partial charge in [0.05, 0.1) is 0 Å². The van der Waals surface area contributed by atoms with Gasteiger partial charge in [-0.25, -0.2) is 17.6 Å². The molecule has 8 atom stereocenters. The van der Waals surface area contributed by atoms with Crippen LogP contribution in [-0.4, -0.2) is 24.7 Å². The first-order valence-corrected chi connectivity index (χ1v) is 12.9. The SMILES string of the molecule is CCCC(CCC)C1CCC(C2CCC(C3CCC(C)CC3)C(F)C2F)C(F)C1F. The number of alkyl halides is 4. The lowest BCUT2D eigenvalue weighted by molar-refractivity contribution is -0.0800. The lowest BCUT2D eigenvalue weighted by Gasteiger charge is -2.47. The van der Waals surface area contributed by atoms with Crippen molar-refractivity contribution in [3.8, 4) is 0 Å². The maximum atomic E-state index is 15.2. The van der Waals surface area contributed by atoms with Crippen LogP contribution in [0.4, 0.5) is 17.6 Å². The van der Waals surface area contributed by atoms with Gasteiger partial charge in [-0.1, -0.05) is 59.3 Å². The topological polar surface area (TPSA) is 0 Å². The van der Waals surface area contributed by atoms with Crippen LogP contribution in [0.25, 0.3) is 0 Å². The Morgan fingerprint density at radius 1 is 0.600 bits per heavy atom. The van der Waals surface area contributed by atoms with Gasteiger partial charge in [-0.05, 0) is 80.0 Å². The molecule has 30 heavy (non-hydrogen) atoms. The molecule has 3 aliphatic rings. The molecule has 0 aromatic carbocycles. The van der Waals surface area contributed by atoms with E-state index in [9.17, 15) is 0 Å². The molecule has 0 spiro atoms. The van der Waals surface area contributed by atoms with Gasteiger partial charge in [0.1, 0.15) is 24.7 Å². The van der Waals surface area contributed by atoms with Crippen molar-refractivity contribution in [3.63, 3.8) is 0 Å². The van der Waals surface area contributed by atoms with Gasteiger partial charge in [-0.3, -0.25) is 0 Å². The fraction of sp³-hybridized carbons (Fsp3) is 1.00. The van der Waals surface area contributed by atoms with Crippen LogP contribution >= 0.6 is 0 Å². The summed E-state index contributed by atoms with van der Waals surface area (Å²) in [7, 11) is 0. The van der Waals surface area contributed by atoms with Crippen LogP contribution in [0.15, 0.2) is 0 Å². The Kier molecular flexibility index (Phi) is 8.96. The summed E-state index contributed by atoms with van der Waals surface area (Å²) in [6.07, 6.45) is 4.02. The molecule has 3 aliphatic carbocycles. The van der Waals surface area contributed by atoms with Crippen LogP contribution in [0.5, 0.6) is 0 Å². The highest BCUT2D eigenvalue weighted by atomic mass is 19.2. The van der Waals surface area contributed by atoms with Crippen molar-refractivity contribution in [3.05, 3.63) is 0 Å². The molecule has 8 unspecified atom stereocenters. The Bertz CT molecular complexity index is 497. The summed E-state index contributed by atoms with van der Waals surface area (Å²) in [4.78, 5) is 0. The average Bonchev–Trinajstić information content (AvgIpc) is 2.73. The standard InChI is InChI=1S/C26H44F4/c1-4-6-17(7-5-2)19-12-14-21(25(29)23(19)27)22-15-13-20(24(28)26(22)30)18-10-8-16(3)9-11-18/h16-26H,4-15H2,1-3H3. The van der Waals surface area contributed by atoms with Gasteiger partial charge in [0, 0.05) is 0 Å². The molecule has 0 nitrogen and oxygen atoms in total. The van der Waals surface area contributed by atoms with Crippen LogP contribution < -0.4 is 0 Å². The van der Waals surface area contributed by atoms with Crippen LogP contribution in [0, 0.1) is 41.4 Å². The van der Waals surface area contributed by atoms with Gasteiger partial charge in [-0.2, -0.15) is 0 Å². The van der Waals surface area contributed by atoms with E-state index in [-0.39, 0.29) is 23.7 Å². The van der Waals surface area contributed by atoms with Crippen molar-refractivity contribution < 1.29 is 17.6 Å². The first-order valence-electron chi connectivity index (χ1n) is 12.9. The zero-order valence-electron chi connectivity index (χ0n) is 19.3. The predicted octanol–water partition coefficient (Wildman–Crippen LogP) is 8.43. The highest BCUT2D eigenvalue weighted by molar-refractivity contribution is 5.00. The maximum Gasteiger partial charge on any atom is 0.135 e. The van der Waals surface area contributed by atoms with Crippen LogP contribution in [0.1, 0.15) is 97.8 Å². The van der Waals surface area contributed by atoms with Crippen molar-refractivity contribution >= 4 is 0 Å². The lowest BCUT2D eigenvalue weighted by atomic mass is 9.61. The monoisotopic (exact) mass is 432 g/mol. The summed E-state index contributed by atoms with van der Waals surface area (Å²) in [6, 6.07) is 0. The van der Waals surface area contributed by atoms with Crippen molar-refractivity contribution in [1.29, 1.82) is 0 Å². The summed E-state index contributed by atoms with van der Waals surface area (Å²) in [6.45, 7) is 6.42. The second-order valence-corrected chi connectivity index (χ2v) is 10.9. The first kappa shape index (κ1) is 24.4. The van der Waals surface area contributed by atoms with Crippen molar-refractivity contribution in [1.82, 2.24) is 0 Å². The smallest absolute Gasteiger partial charge is 0.135 e. The van der Waals surface area contributed by atoms with Gasteiger partial charge < -0.3 is 0 Å². The van der Waals surface area contributed by atoms with Gasteiger partial charge >= 0.3 is 0 Å². The fourth-order valence-corrected chi connectivity index (χ4v) is 7.27. The summed E-state index contributed by atoms with van der Waals surface area (Å²) < 4.78 is 60.8. The van der Waals surface area contributed by atoms with E-state index in [1.165, 1.54) is 0 Å². The van der Waals surface area contributed by atoms with Crippen molar-refractivity contribution in [2.24, 2.45) is 41.4 Å². The van der Waals surface area contributed by atoms with Gasteiger partial charge in [-0.15, -0.1) is 0 Å². The van der Waals surface area contributed by atoms with Crippen molar-refractivity contribution in [2.75, 3.05) is 0 Å². The molecule has 3 saturated carbocycles. The van der Waals surface area contributed by atoms with E-state index >= 15 is 17.6 Å². The summed E-state index contributed by atoms with van der Waals surface area (Å²) in [5.74, 6) is -0.609. The Labute approximate surface area is 182 Å². The molecule has 0 heterocycles. The molecule has 0 aromatic heterocycles.